The normalized spacial score (nSPS) is 11.8. The van der Waals surface area contributed by atoms with E-state index in [1.165, 1.54) is 17.4 Å². The Morgan fingerprint density at radius 2 is 1.93 bits per heavy atom. The number of ether oxygens (including phenoxy) is 2. The van der Waals surface area contributed by atoms with E-state index < -0.39 is 24.3 Å². The zero-order chi connectivity index (χ0) is 19.5. The molecule has 0 saturated heterocycles. The van der Waals surface area contributed by atoms with Crippen LogP contribution >= 0.6 is 11.3 Å². The van der Waals surface area contributed by atoms with Gasteiger partial charge in [-0.2, -0.15) is 0 Å². The highest BCUT2D eigenvalue weighted by Crippen LogP contribution is 2.42. The third kappa shape index (κ3) is 3.75. The largest absolute Gasteiger partial charge is 0.488 e. The number of fused-ring (bicyclic) bond motifs is 3. The number of rotatable bonds is 5. The van der Waals surface area contributed by atoms with Crippen molar-refractivity contribution < 1.29 is 23.5 Å². The van der Waals surface area contributed by atoms with E-state index in [4.69, 9.17) is 9.47 Å². The quantitative estimate of drug-likeness (QED) is 0.663. The highest BCUT2D eigenvalue weighted by Gasteiger charge is 2.23. The van der Waals surface area contributed by atoms with E-state index in [1.807, 2.05) is 24.3 Å². The summed E-state index contributed by atoms with van der Waals surface area (Å²) in [6.07, 6.45) is 0. The Labute approximate surface area is 164 Å². The van der Waals surface area contributed by atoms with Crippen LogP contribution in [0.4, 0.5) is 4.39 Å². The van der Waals surface area contributed by atoms with Crippen LogP contribution in [0.5, 0.6) is 5.75 Å². The number of hydrogen-bond acceptors (Lipinski definition) is 5. The molecule has 1 aliphatic heterocycles. The van der Waals surface area contributed by atoms with Crippen molar-refractivity contribution in [1.82, 2.24) is 5.32 Å². The molecule has 0 spiro atoms. The monoisotopic (exact) mass is 397 g/mol. The van der Waals surface area contributed by atoms with Crippen molar-refractivity contribution in [3.8, 4) is 16.2 Å². The minimum atomic E-state index is -0.571. The third-order valence-electron chi connectivity index (χ3n) is 4.29. The first-order valence-electron chi connectivity index (χ1n) is 8.64. The number of benzene rings is 2. The summed E-state index contributed by atoms with van der Waals surface area (Å²) in [5, 5.41) is 2.54. The number of esters is 1. The Bertz CT molecular complexity index is 1050. The maximum absolute atomic E-state index is 13.5. The summed E-state index contributed by atoms with van der Waals surface area (Å²) in [5.74, 6) is -0.680. The lowest BCUT2D eigenvalue weighted by Crippen LogP contribution is -2.28. The molecule has 3 aromatic rings. The Hall–Kier alpha value is -3.19. The first-order chi connectivity index (χ1) is 13.6. The lowest BCUT2D eigenvalue weighted by molar-refractivity contribution is -0.124. The number of amides is 1. The molecule has 2 aromatic carbocycles. The second kappa shape index (κ2) is 7.82. The van der Waals surface area contributed by atoms with Crippen molar-refractivity contribution in [2.45, 2.75) is 13.2 Å². The fourth-order valence-corrected chi connectivity index (χ4v) is 3.98. The first-order valence-corrected chi connectivity index (χ1v) is 9.45. The van der Waals surface area contributed by atoms with Crippen LogP contribution < -0.4 is 10.1 Å². The molecule has 0 saturated carbocycles. The van der Waals surface area contributed by atoms with Gasteiger partial charge in [-0.15, -0.1) is 11.3 Å². The van der Waals surface area contributed by atoms with Gasteiger partial charge in [0.1, 0.15) is 23.1 Å². The molecule has 2 heterocycles. The summed E-state index contributed by atoms with van der Waals surface area (Å²) >= 11 is 1.31. The van der Waals surface area contributed by atoms with Crippen molar-refractivity contribution in [3.63, 3.8) is 0 Å². The molecule has 0 unspecified atom stereocenters. The van der Waals surface area contributed by atoms with E-state index >= 15 is 0 Å². The fourth-order valence-electron chi connectivity index (χ4n) is 2.89. The lowest BCUT2D eigenvalue weighted by atomic mass is 10.1. The van der Waals surface area contributed by atoms with Crippen LogP contribution in [0.25, 0.3) is 10.4 Å². The highest BCUT2D eigenvalue weighted by atomic mass is 32.1. The Morgan fingerprint density at radius 1 is 1.14 bits per heavy atom. The van der Waals surface area contributed by atoms with Crippen LogP contribution in [0, 0.1) is 5.82 Å². The predicted molar refractivity (Wildman–Crippen MR) is 103 cm³/mol. The van der Waals surface area contributed by atoms with Gasteiger partial charge >= 0.3 is 5.97 Å². The van der Waals surface area contributed by atoms with Crippen LogP contribution in [0.15, 0.2) is 54.6 Å². The zero-order valence-electron chi connectivity index (χ0n) is 14.7. The fraction of sp³-hybridized carbons (Fsp3) is 0.143. The standard InChI is InChI=1S/C21H16FNO4S/c22-16-7-3-1-5-13(16)10-23-19(24)12-27-21(25)18-9-14-11-26-17-8-4-2-6-15(17)20(14)28-18/h1-9H,10-12H2,(H,23,24). The van der Waals surface area contributed by atoms with Crippen molar-refractivity contribution in [3.05, 3.63) is 76.4 Å². The molecule has 1 aromatic heterocycles. The summed E-state index contributed by atoms with van der Waals surface area (Å²) < 4.78 is 24.3. The SMILES string of the molecule is O=C(COC(=O)c1cc2c(s1)-c1ccccc1OC2)NCc1ccccc1F. The molecule has 0 atom stereocenters. The van der Waals surface area contributed by atoms with E-state index in [1.54, 1.807) is 24.3 Å². The lowest BCUT2D eigenvalue weighted by Gasteiger charge is -2.16. The summed E-state index contributed by atoms with van der Waals surface area (Å²) in [6, 6.07) is 15.5. The van der Waals surface area contributed by atoms with E-state index in [9.17, 15) is 14.0 Å². The van der Waals surface area contributed by atoms with Gasteiger partial charge in [-0.3, -0.25) is 4.79 Å². The van der Waals surface area contributed by atoms with E-state index in [0.29, 0.717) is 17.0 Å². The van der Waals surface area contributed by atoms with E-state index in [2.05, 4.69) is 5.32 Å². The van der Waals surface area contributed by atoms with Crippen molar-refractivity contribution >= 4 is 23.2 Å². The first kappa shape index (κ1) is 18.2. The van der Waals surface area contributed by atoms with Crippen LogP contribution in [0.3, 0.4) is 0 Å². The van der Waals surface area contributed by atoms with Crippen LogP contribution in [-0.4, -0.2) is 18.5 Å². The topological polar surface area (TPSA) is 64.6 Å². The van der Waals surface area contributed by atoms with Crippen molar-refractivity contribution in [2.75, 3.05) is 6.61 Å². The molecule has 5 nitrogen and oxygen atoms in total. The molecule has 0 fully saturated rings. The third-order valence-corrected chi connectivity index (χ3v) is 5.48. The number of carbonyl (C=O) groups excluding carboxylic acids is 2. The summed E-state index contributed by atoms with van der Waals surface area (Å²) in [7, 11) is 0. The highest BCUT2D eigenvalue weighted by molar-refractivity contribution is 7.17. The molecule has 0 bridgehead atoms. The molecular formula is C21H16FNO4S. The van der Waals surface area contributed by atoms with Gasteiger partial charge in [0, 0.05) is 28.1 Å². The van der Waals surface area contributed by atoms with Gasteiger partial charge in [0.15, 0.2) is 6.61 Å². The number of hydrogen-bond donors (Lipinski definition) is 1. The molecule has 7 heteroatoms. The number of thiophene rings is 1. The van der Waals surface area contributed by atoms with Crippen LogP contribution in [-0.2, 0) is 22.7 Å². The summed E-state index contributed by atoms with van der Waals surface area (Å²) in [4.78, 5) is 25.6. The van der Waals surface area contributed by atoms with Gasteiger partial charge in [0.2, 0.25) is 0 Å². The number of carbonyl (C=O) groups is 2. The smallest absolute Gasteiger partial charge is 0.348 e. The van der Waals surface area contributed by atoms with E-state index in [0.717, 1.165) is 21.8 Å². The molecule has 1 aliphatic rings. The Kier molecular flexibility index (Phi) is 5.08. The second-order valence-corrected chi connectivity index (χ2v) is 7.25. The minimum absolute atomic E-state index is 0.0322. The van der Waals surface area contributed by atoms with Crippen molar-refractivity contribution in [2.24, 2.45) is 0 Å². The molecule has 28 heavy (non-hydrogen) atoms. The molecule has 142 valence electrons. The van der Waals surface area contributed by atoms with Gasteiger partial charge in [-0.25, -0.2) is 9.18 Å². The summed E-state index contributed by atoms with van der Waals surface area (Å²) in [5.41, 5.74) is 2.22. The molecule has 4 rings (SSSR count). The molecular weight excluding hydrogens is 381 g/mol. The van der Waals surface area contributed by atoms with Crippen LogP contribution in [0.2, 0.25) is 0 Å². The van der Waals surface area contributed by atoms with Gasteiger partial charge in [-0.1, -0.05) is 30.3 Å². The average molecular weight is 397 g/mol. The molecule has 1 amide bonds. The minimum Gasteiger partial charge on any atom is -0.488 e. The second-order valence-electron chi connectivity index (χ2n) is 6.19. The molecule has 1 N–H and O–H groups in total. The Morgan fingerprint density at radius 3 is 2.79 bits per heavy atom. The van der Waals surface area contributed by atoms with Gasteiger partial charge < -0.3 is 14.8 Å². The average Bonchev–Trinajstić information content (AvgIpc) is 3.16. The molecule has 0 aliphatic carbocycles. The number of halogens is 1. The zero-order valence-corrected chi connectivity index (χ0v) is 15.6. The van der Waals surface area contributed by atoms with E-state index in [-0.39, 0.29) is 6.54 Å². The number of nitrogens with one attached hydrogen (secondary N) is 1. The summed E-state index contributed by atoms with van der Waals surface area (Å²) in [6.45, 7) is -0.00727. The predicted octanol–water partition coefficient (Wildman–Crippen LogP) is 3.92. The van der Waals surface area contributed by atoms with Gasteiger partial charge in [0.05, 0.1) is 0 Å². The Balaban J connectivity index is 1.36. The maximum Gasteiger partial charge on any atom is 0.348 e. The van der Waals surface area contributed by atoms with Crippen molar-refractivity contribution in [1.29, 1.82) is 0 Å². The van der Waals surface area contributed by atoms with Gasteiger partial charge in [-0.05, 0) is 24.3 Å². The van der Waals surface area contributed by atoms with Gasteiger partial charge in [0.25, 0.3) is 5.91 Å². The molecule has 0 radical (unpaired) electrons. The maximum atomic E-state index is 13.5. The number of para-hydroxylation sites is 1. The van der Waals surface area contributed by atoms with Crippen LogP contribution in [0.1, 0.15) is 20.8 Å².